The van der Waals surface area contributed by atoms with Gasteiger partial charge in [-0.25, -0.2) is 15.0 Å². The van der Waals surface area contributed by atoms with Crippen molar-refractivity contribution in [1.29, 1.82) is 0 Å². The molecule has 50 heavy (non-hydrogen) atoms. The van der Waals surface area contributed by atoms with Crippen LogP contribution in [0.4, 0.5) is 0 Å². The van der Waals surface area contributed by atoms with E-state index in [4.69, 9.17) is 15.0 Å². The molecule has 1 aliphatic carbocycles. The summed E-state index contributed by atoms with van der Waals surface area (Å²) >= 11 is 0. The summed E-state index contributed by atoms with van der Waals surface area (Å²) in [5.41, 5.74) is 14.1. The molecule has 2 heterocycles. The van der Waals surface area contributed by atoms with Crippen LogP contribution in [-0.4, -0.2) is 19.5 Å². The predicted octanol–water partition coefficient (Wildman–Crippen LogP) is 11.2. The summed E-state index contributed by atoms with van der Waals surface area (Å²) in [7, 11) is 0. The Kier molecular flexibility index (Phi) is 6.53. The molecule has 0 radical (unpaired) electrons. The fourth-order valence-electron chi connectivity index (χ4n) is 7.53. The molecule has 4 nitrogen and oxygen atoms in total. The highest BCUT2D eigenvalue weighted by molar-refractivity contribution is 6.13. The number of fused-ring (bicyclic) bond motifs is 7. The van der Waals surface area contributed by atoms with Gasteiger partial charge in [0.05, 0.1) is 11.0 Å². The zero-order chi connectivity index (χ0) is 33.0. The molecule has 0 unspecified atom stereocenters. The minimum Gasteiger partial charge on any atom is -0.309 e. The molecule has 10 rings (SSSR count). The van der Waals surface area contributed by atoms with Gasteiger partial charge in [0.1, 0.15) is 0 Å². The van der Waals surface area contributed by atoms with Gasteiger partial charge in [-0.1, -0.05) is 152 Å². The molecule has 1 aliphatic rings. The molecule has 0 fully saturated rings. The maximum Gasteiger partial charge on any atom is 0.164 e. The summed E-state index contributed by atoms with van der Waals surface area (Å²) in [6, 6.07) is 59.9. The van der Waals surface area contributed by atoms with Crippen molar-refractivity contribution in [1.82, 2.24) is 19.5 Å². The summed E-state index contributed by atoms with van der Waals surface area (Å²) in [6.45, 7) is 0. The topological polar surface area (TPSA) is 43.6 Å². The van der Waals surface area contributed by atoms with Gasteiger partial charge in [-0.15, -0.1) is 0 Å². The van der Waals surface area contributed by atoms with E-state index >= 15 is 0 Å². The first-order chi connectivity index (χ1) is 24.8. The summed E-state index contributed by atoms with van der Waals surface area (Å²) in [5.74, 6) is 1.95. The van der Waals surface area contributed by atoms with E-state index in [0.717, 1.165) is 28.8 Å². The second-order valence-electron chi connectivity index (χ2n) is 12.8. The van der Waals surface area contributed by atoms with Crippen LogP contribution in [0.3, 0.4) is 0 Å². The lowest BCUT2D eigenvalue weighted by Crippen LogP contribution is -2.01. The van der Waals surface area contributed by atoms with Crippen LogP contribution in [0.2, 0.25) is 0 Å². The molecule has 0 spiro atoms. The zero-order valence-corrected chi connectivity index (χ0v) is 27.2. The summed E-state index contributed by atoms with van der Waals surface area (Å²) in [5, 5.41) is 2.50. The molecule has 9 aromatic rings. The molecule has 0 saturated carbocycles. The Labute approximate surface area is 290 Å². The van der Waals surface area contributed by atoms with Crippen molar-refractivity contribution in [3.8, 4) is 62.1 Å². The smallest absolute Gasteiger partial charge is 0.164 e. The number of rotatable bonds is 5. The van der Waals surface area contributed by atoms with Gasteiger partial charge >= 0.3 is 0 Å². The van der Waals surface area contributed by atoms with Gasteiger partial charge in [-0.05, 0) is 51.6 Å². The van der Waals surface area contributed by atoms with E-state index in [9.17, 15) is 0 Å². The van der Waals surface area contributed by atoms with Crippen LogP contribution in [0.5, 0.6) is 0 Å². The molecule has 0 N–H and O–H groups in total. The fraction of sp³-hybridized carbons (Fsp3) is 0.0217. The van der Waals surface area contributed by atoms with E-state index in [1.54, 1.807) is 0 Å². The lowest BCUT2D eigenvalue weighted by Gasteiger charge is -2.13. The van der Waals surface area contributed by atoms with Crippen molar-refractivity contribution in [3.05, 3.63) is 181 Å². The van der Waals surface area contributed by atoms with E-state index in [-0.39, 0.29) is 0 Å². The standard InChI is InChI=1S/C46H30N4/c1-4-13-30(14-5-1)33-23-24-39-40-26-25-38-37-22-11-10-19-34(37)28-41(38)43(40)50(42(39)29-33)36-21-12-20-35(27-36)46-48-44(31-15-6-2-7-16-31)47-45(49-46)32-17-8-3-9-18-32/h1-27,29H,28H2. The molecule has 2 aromatic heterocycles. The number of benzene rings is 7. The Morgan fingerprint density at radius 1 is 0.400 bits per heavy atom. The van der Waals surface area contributed by atoms with Crippen LogP contribution in [0, 0.1) is 0 Å². The Morgan fingerprint density at radius 3 is 1.68 bits per heavy atom. The van der Waals surface area contributed by atoms with Gasteiger partial charge in [0.15, 0.2) is 17.5 Å². The van der Waals surface area contributed by atoms with Gasteiger partial charge < -0.3 is 4.57 Å². The molecular weight excluding hydrogens is 609 g/mol. The summed E-state index contributed by atoms with van der Waals surface area (Å²) in [4.78, 5) is 15.0. The third kappa shape index (κ3) is 4.65. The van der Waals surface area contributed by atoms with E-state index in [2.05, 4.69) is 114 Å². The number of nitrogens with zero attached hydrogens (tertiary/aromatic N) is 4. The van der Waals surface area contributed by atoms with Crippen LogP contribution in [0.15, 0.2) is 170 Å². The highest BCUT2D eigenvalue weighted by Gasteiger charge is 2.25. The lowest BCUT2D eigenvalue weighted by atomic mass is 10.0. The van der Waals surface area contributed by atoms with E-state index in [1.807, 2.05) is 60.7 Å². The normalized spacial score (nSPS) is 11.9. The van der Waals surface area contributed by atoms with E-state index < -0.39 is 0 Å². The van der Waals surface area contributed by atoms with Crippen LogP contribution >= 0.6 is 0 Å². The van der Waals surface area contributed by atoms with E-state index in [1.165, 1.54) is 55.2 Å². The first-order valence-corrected chi connectivity index (χ1v) is 17.0. The third-order valence-electron chi connectivity index (χ3n) is 9.88. The molecule has 0 amide bonds. The van der Waals surface area contributed by atoms with Crippen LogP contribution in [-0.2, 0) is 6.42 Å². The second kappa shape index (κ2) is 11.5. The average molecular weight is 639 g/mol. The molecule has 7 aromatic carbocycles. The highest BCUT2D eigenvalue weighted by atomic mass is 15.0. The van der Waals surface area contributed by atoms with Crippen LogP contribution in [0.1, 0.15) is 11.1 Å². The van der Waals surface area contributed by atoms with Crippen molar-refractivity contribution in [3.63, 3.8) is 0 Å². The predicted molar refractivity (Wildman–Crippen MR) is 204 cm³/mol. The number of hydrogen-bond donors (Lipinski definition) is 0. The SMILES string of the molecule is c1ccc(-c2ccc3c4ccc5c(c4n(-c4cccc(-c6nc(-c7ccccc7)nc(-c7ccccc7)n6)c4)c3c2)Cc2ccccc2-5)cc1. The highest BCUT2D eigenvalue weighted by Crippen LogP contribution is 2.45. The zero-order valence-electron chi connectivity index (χ0n) is 27.2. The largest absolute Gasteiger partial charge is 0.309 e. The molecule has 0 aliphatic heterocycles. The van der Waals surface area contributed by atoms with Crippen molar-refractivity contribution in [2.24, 2.45) is 0 Å². The van der Waals surface area contributed by atoms with Crippen molar-refractivity contribution < 1.29 is 0 Å². The van der Waals surface area contributed by atoms with Gasteiger partial charge in [0.2, 0.25) is 0 Å². The van der Waals surface area contributed by atoms with Gasteiger partial charge in [-0.3, -0.25) is 0 Å². The van der Waals surface area contributed by atoms with Crippen LogP contribution in [0.25, 0.3) is 83.9 Å². The van der Waals surface area contributed by atoms with Gasteiger partial charge in [0.25, 0.3) is 0 Å². The van der Waals surface area contributed by atoms with Crippen molar-refractivity contribution in [2.75, 3.05) is 0 Å². The fourth-order valence-corrected chi connectivity index (χ4v) is 7.53. The van der Waals surface area contributed by atoms with Gasteiger partial charge in [-0.2, -0.15) is 0 Å². The molecule has 234 valence electrons. The first-order valence-electron chi connectivity index (χ1n) is 17.0. The number of hydrogen-bond acceptors (Lipinski definition) is 3. The second-order valence-corrected chi connectivity index (χ2v) is 12.8. The van der Waals surface area contributed by atoms with Crippen molar-refractivity contribution in [2.45, 2.75) is 6.42 Å². The quantitative estimate of drug-likeness (QED) is 0.188. The monoisotopic (exact) mass is 638 g/mol. The summed E-state index contributed by atoms with van der Waals surface area (Å²) in [6.07, 6.45) is 0.902. The Balaban J connectivity index is 1.22. The molecule has 0 bridgehead atoms. The van der Waals surface area contributed by atoms with Crippen LogP contribution < -0.4 is 0 Å². The number of aromatic nitrogens is 4. The minimum absolute atomic E-state index is 0.642. The Bertz CT molecular complexity index is 2660. The third-order valence-corrected chi connectivity index (χ3v) is 9.88. The Hall–Kier alpha value is -6.65. The Morgan fingerprint density at radius 2 is 0.980 bits per heavy atom. The van der Waals surface area contributed by atoms with Gasteiger partial charge in [0, 0.05) is 39.6 Å². The molecule has 4 heteroatoms. The maximum atomic E-state index is 5.05. The maximum absolute atomic E-state index is 5.05. The van der Waals surface area contributed by atoms with Crippen molar-refractivity contribution >= 4 is 21.8 Å². The lowest BCUT2D eigenvalue weighted by molar-refractivity contribution is 1.07. The molecule has 0 atom stereocenters. The molecule has 0 saturated heterocycles. The van der Waals surface area contributed by atoms with E-state index in [0.29, 0.717) is 17.5 Å². The average Bonchev–Trinajstić information content (AvgIpc) is 3.74. The first kappa shape index (κ1) is 28.4. The molecular formula is C46H30N4. The minimum atomic E-state index is 0.642. The summed E-state index contributed by atoms with van der Waals surface area (Å²) < 4.78 is 2.46.